The van der Waals surface area contributed by atoms with Crippen molar-refractivity contribution >= 4 is 0 Å². The Bertz CT molecular complexity index is 122. The van der Waals surface area contributed by atoms with E-state index in [-0.39, 0.29) is 6.29 Å². The van der Waals surface area contributed by atoms with E-state index in [9.17, 15) is 0 Å². The van der Waals surface area contributed by atoms with Gasteiger partial charge in [0.15, 0.2) is 6.29 Å². The minimum Gasteiger partial charge on any atom is -0.348 e. The van der Waals surface area contributed by atoms with Gasteiger partial charge >= 0.3 is 0 Å². The van der Waals surface area contributed by atoms with Crippen LogP contribution in [0.4, 0.5) is 0 Å². The Kier molecular flexibility index (Phi) is 3.60. The van der Waals surface area contributed by atoms with Gasteiger partial charge in [-0.05, 0) is 6.42 Å². The zero-order valence-corrected chi connectivity index (χ0v) is 7.25. The van der Waals surface area contributed by atoms with Crippen molar-refractivity contribution in [2.75, 3.05) is 13.2 Å². The van der Waals surface area contributed by atoms with E-state index in [2.05, 4.69) is 13.8 Å². The van der Waals surface area contributed by atoms with Gasteiger partial charge in [-0.15, -0.1) is 0 Å². The maximum atomic E-state index is 5.45. The molecule has 0 saturated heterocycles. The average molecular weight is 156 g/mol. The molecule has 1 heterocycles. The standard InChI is InChI=1S/C9H16O2/c1-3-8(2)9-10-6-4-5-7-11-9/h4-5,8-9H,3,6-7H2,1-2H3. The second-order valence-electron chi connectivity index (χ2n) is 2.89. The highest BCUT2D eigenvalue weighted by atomic mass is 16.7. The Hall–Kier alpha value is -0.340. The summed E-state index contributed by atoms with van der Waals surface area (Å²) in [6.45, 7) is 5.68. The molecular formula is C9H16O2. The van der Waals surface area contributed by atoms with Gasteiger partial charge in [0.25, 0.3) is 0 Å². The van der Waals surface area contributed by atoms with Gasteiger partial charge in [-0.25, -0.2) is 0 Å². The molecule has 0 aromatic carbocycles. The number of hydrogen-bond donors (Lipinski definition) is 0. The van der Waals surface area contributed by atoms with E-state index in [1.807, 2.05) is 12.2 Å². The van der Waals surface area contributed by atoms with E-state index >= 15 is 0 Å². The Morgan fingerprint density at radius 3 is 2.36 bits per heavy atom. The maximum Gasteiger partial charge on any atom is 0.160 e. The van der Waals surface area contributed by atoms with Crippen LogP contribution in [0.2, 0.25) is 0 Å². The summed E-state index contributed by atoms with van der Waals surface area (Å²) in [5.41, 5.74) is 0. The molecule has 0 bridgehead atoms. The van der Waals surface area contributed by atoms with Gasteiger partial charge < -0.3 is 9.47 Å². The molecule has 0 spiro atoms. The largest absolute Gasteiger partial charge is 0.348 e. The van der Waals surface area contributed by atoms with E-state index in [1.54, 1.807) is 0 Å². The third-order valence-corrected chi connectivity index (χ3v) is 1.99. The van der Waals surface area contributed by atoms with Crippen molar-refractivity contribution in [2.24, 2.45) is 5.92 Å². The minimum atomic E-state index is -0.00463. The van der Waals surface area contributed by atoms with Crippen LogP contribution in [0.5, 0.6) is 0 Å². The molecule has 64 valence electrons. The van der Waals surface area contributed by atoms with Crippen molar-refractivity contribution in [1.29, 1.82) is 0 Å². The molecule has 1 atom stereocenters. The Morgan fingerprint density at radius 2 is 1.91 bits per heavy atom. The monoisotopic (exact) mass is 156 g/mol. The Morgan fingerprint density at radius 1 is 1.36 bits per heavy atom. The van der Waals surface area contributed by atoms with Crippen molar-refractivity contribution in [2.45, 2.75) is 26.6 Å². The molecule has 1 rings (SSSR count). The molecule has 2 heteroatoms. The highest BCUT2D eigenvalue weighted by Gasteiger charge is 2.16. The highest BCUT2D eigenvalue weighted by Crippen LogP contribution is 2.14. The maximum absolute atomic E-state index is 5.45. The zero-order valence-electron chi connectivity index (χ0n) is 7.25. The quantitative estimate of drug-likeness (QED) is 0.569. The SMILES string of the molecule is CCC(C)C1OCC=CCO1. The fraction of sp³-hybridized carbons (Fsp3) is 0.778. The van der Waals surface area contributed by atoms with E-state index < -0.39 is 0 Å². The molecule has 2 nitrogen and oxygen atoms in total. The molecule has 0 aromatic heterocycles. The van der Waals surface area contributed by atoms with Crippen LogP contribution in [0.15, 0.2) is 12.2 Å². The van der Waals surface area contributed by atoms with Crippen molar-refractivity contribution in [3.05, 3.63) is 12.2 Å². The van der Waals surface area contributed by atoms with Crippen LogP contribution >= 0.6 is 0 Å². The zero-order chi connectivity index (χ0) is 8.10. The van der Waals surface area contributed by atoms with Crippen LogP contribution in [0.25, 0.3) is 0 Å². The average Bonchev–Trinajstić information content (AvgIpc) is 2.30. The van der Waals surface area contributed by atoms with Gasteiger partial charge in [-0.3, -0.25) is 0 Å². The topological polar surface area (TPSA) is 18.5 Å². The van der Waals surface area contributed by atoms with Gasteiger partial charge in [0, 0.05) is 5.92 Å². The van der Waals surface area contributed by atoms with E-state index in [4.69, 9.17) is 9.47 Å². The summed E-state index contributed by atoms with van der Waals surface area (Å²) >= 11 is 0. The van der Waals surface area contributed by atoms with Crippen LogP contribution in [0.1, 0.15) is 20.3 Å². The lowest BCUT2D eigenvalue weighted by molar-refractivity contribution is -0.151. The Labute approximate surface area is 68.2 Å². The minimum absolute atomic E-state index is 0.00463. The second kappa shape index (κ2) is 4.52. The number of ether oxygens (including phenoxy) is 2. The predicted molar refractivity (Wildman–Crippen MR) is 44.3 cm³/mol. The van der Waals surface area contributed by atoms with Crippen LogP contribution in [-0.2, 0) is 9.47 Å². The van der Waals surface area contributed by atoms with E-state index in [0.717, 1.165) is 6.42 Å². The van der Waals surface area contributed by atoms with Crippen LogP contribution in [0.3, 0.4) is 0 Å². The Balaban J connectivity index is 2.34. The fourth-order valence-corrected chi connectivity index (χ4v) is 1.01. The van der Waals surface area contributed by atoms with Gasteiger partial charge in [-0.2, -0.15) is 0 Å². The van der Waals surface area contributed by atoms with Crippen molar-refractivity contribution in [3.8, 4) is 0 Å². The first-order valence-corrected chi connectivity index (χ1v) is 4.22. The molecule has 0 amide bonds. The summed E-state index contributed by atoms with van der Waals surface area (Å²) in [5, 5.41) is 0. The molecule has 0 radical (unpaired) electrons. The predicted octanol–water partition coefficient (Wildman–Crippen LogP) is 1.96. The van der Waals surface area contributed by atoms with Gasteiger partial charge in [0.1, 0.15) is 0 Å². The summed E-state index contributed by atoms with van der Waals surface area (Å²) in [4.78, 5) is 0. The molecule has 0 fully saturated rings. The molecule has 0 aromatic rings. The van der Waals surface area contributed by atoms with E-state index in [1.165, 1.54) is 0 Å². The molecule has 1 aliphatic heterocycles. The molecule has 0 aliphatic carbocycles. The third kappa shape index (κ3) is 2.64. The smallest absolute Gasteiger partial charge is 0.160 e. The first-order valence-electron chi connectivity index (χ1n) is 4.22. The molecule has 0 N–H and O–H groups in total. The first-order chi connectivity index (χ1) is 5.34. The highest BCUT2D eigenvalue weighted by molar-refractivity contribution is 4.83. The molecule has 0 saturated carbocycles. The lowest BCUT2D eigenvalue weighted by Crippen LogP contribution is -2.23. The summed E-state index contributed by atoms with van der Waals surface area (Å²) in [6, 6.07) is 0. The molecule has 11 heavy (non-hydrogen) atoms. The molecule has 1 aliphatic rings. The first kappa shape index (κ1) is 8.75. The van der Waals surface area contributed by atoms with Gasteiger partial charge in [0.05, 0.1) is 13.2 Å². The number of hydrogen-bond acceptors (Lipinski definition) is 2. The second-order valence-corrected chi connectivity index (χ2v) is 2.89. The van der Waals surface area contributed by atoms with Crippen LogP contribution < -0.4 is 0 Å². The summed E-state index contributed by atoms with van der Waals surface area (Å²) in [6.07, 6.45) is 5.10. The van der Waals surface area contributed by atoms with Crippen molar-refractivity contribution in [3.63, 3.8) is 0 Å². The van der Waals surface area contributed by atoms with Gasteiger partial charge in [-0.1, -0.05) is 26.0 Å². The normalized spacial score (nSPS) is 23.1. The summed E-state index contributed by atoms with van der Waals surface area (Å²) in [5.74, 6) is 0.495. The van der Waals surface area contributed by atoms with Crippen molar-refractivity contribution < 1.29 is 9.47 Å². The van der Waals surface area contributed by atoms with Crippen LogP contribution in [0, 0.1) is 5.92 Å². The lowest BCUT2D eigenvalue weighted by Gasteiger charge is -2.20. The van der Waals surface area contributed by atoms with Gasteiger partial charge in [0.2, 0.25) is 0 Å². The molecular weight excluding hydrogens is 140 g/mol. The summed E-state index contributed by atoms with van der Waals surface area (Å²) < 4.78 is 10.9. The third-order valence-electron chi connectivity index (χ3n) is 1.99. The lowest BCUT2D eigenvalue weighted by atomic mass is 10.1. The van der Waals surface area contributed by atoms with E-state index in [0.29, 0.717) is 19.1 Å². The van der Waals surface area contributed by atoms with Crippen LogP contribution in [-0.4, -0.2) is 19.5 Å². The van der Waals surface area contributed by atoms with Crippen molar-refractivity contribution in [1.82, 2.24) is 0 Å². The fourth-order valence-electron chi connectivity index (χ4n) is 1.01. The molecule has 1 unspecified atom stereocenters. The number of rotatable bonds is 2. The summed E-state index contributed by atoms with van der Waals surface area (Å²) in [7, 11) is 0.